The summed E-state index contributed by atoms with van der Waals surface area (Å²) in [5, 5.41) is 0. The van der Waals surface area contributed by atoms with Crippen molar-refractivity contribution in [3.63, 3.8) is 0 Å². The SMILES string of the molecule is COc1ccc(CN(C)C(=O)c2ccc(C)cc2I)cc1. The van der Waals surface area contributed by atoms with Crippen molar-refractivity contribution in [3.05, 3.63) is 62.7 Å². The van der Waals surface area contributed by atoms with Crippen LogP contribution < -0.4 is 4.74 Å². The number of hydrogen-bond acceptors (Lipinski definition) is 2. The van der Waals surface area contributed by atoms with Gasteiger partial charge in [0.1, 0.15) is 5.75 Å². The van der Waals surface area contributed by atoms with Gasteiger partial charge in [0.05, 0.1) is 12.7 Å². The van der Waals surface area contributed by atoms with E-state index in [2.05, 4.69) is 22.6 Å². The molecule has 0 aliphatic heterocycles. The fourth-order valence-electron chi connectivity index (χ4n) is 2.08. The molecule has 0 saturated heterocycles. The molecule has 0 atom stereocenters. The van der Waals surface area contributed by atoms with Gasteiger partial charge in [-0.15, -0.1) is 0 Å². The van der Waals surface area contributed by atoms with Gasteiger partial charge in [-0.05, 0) is 59.3 Å². The smallest absolute Gasteiger partial charge is 0.254 e. The highest BCUT2D eigenvalue weighted by Gasteiger charge is 2.15. The van der Waals surface area contributed by atoms with Crippen LogP contribution in [0.5, 0.6) is 5.75 Å². The Bertz CT molecular complexity index is 638. The number of aryl methyl sites for hydroxylation is 1. The molecule has 0 N–H and O–H groups in total. The van der Waals surface area contributed by atoms with E-state index in [0.717, 1.165) is 26.0 Å². The van der Waals surface area contributed by atoms with Crippen molar-refractivity contribution in [2.24, 2.45) is 0 Å². The van der Waals surface area contributed by atoms with Crippen LogP contribution in [0.4, 0.5) is 0 Å². The summed E-state index contributed by atoms with van der Waals surface area (Å²) in [5.74, 6) is 0.857. The summed E-state index contributed by atoms with van der Waals surface area (Å²) >= 11 is 2.21. The fourth-order valence-corrected chi connectivity index (χ4v) is 2.98. The van der Waals surface area contributed by atoms with Gasteiger partial charge in [-0.2, -0.15) is 0 Å². The number of hydrogen-bond donors (Lipinski definition) is 0. The highest BCUT2D eigenvalue weighted by Crippen LogP contribution is 2.18. The average molecular weight is 395 g/mol. The largest absolute Gasteiger partial charge is 0.497 e. The third-order valence-corrected chi connectivity index (χ3v) is 4.17. The highest BCUT2D eigenvalue weighted by molar-refractivity contribution is 14.1. The van der Waals surface area contributed by atoms with Crippen LogP contribution in [-0.4, -0.2) is 25.0 Å². The molecule has 1 amide bonds. The molecule has 0 heterocycles. The van der Waals surface area contributed by atoms with E-state index in [9.17, 15) is 4.79 Å². The second kappa shape index (κ2) is 6.93. The Balaban J connectivity index is 2.11. The maximum Gasteiger partial charge on any atom is 0.254 e. The monoisotopic (exact) mass is 395 g/mol. The van der Waals surface area contributed by atoms with Crippen LogP contribution in [0.1, 0.15) is 21.5 Å². The molecule has 2 aromatic carbocycles. The fraction of sp³-hybridized carbons (Fsp3) is 0.235. The normalized spacial score (nSPS) is 10.3. The number of amides is 1. The van der Waals surface area contributed by atoms with Gasteiger partial charge in [-0.3, -0.25) is 4.79 Å². The first kappa shape index (κ1) is 15.8. The Kier molecular flexibility index (Phi) is 5.22. The molecule has 4 heteroatoms. The number of rotatable bonds is 4. The topological polar surface area (TPSA) is 29.5 Å². The van der Waals surface area contributed by atoms with Gasteiger partial charge in [0.15, 0.2) is 0 Å². The van der Waals surface area contributed by atoms with E-state index in [1.807, 2.05) is 56.4 Å². The number of ether oxygens (including phenoxy) is 1. The minimum absolute atomic E-state index is 0.0372. The van der Waals surface area contributed by atoms with Crippen molar-refractivity contribution in [1.82, 2.24) is 4.90 Å². The Morgan fingerprint density at radius 2 is 1.86 bits per heavy atom. The summed E-state index contributed by atoms with van der Waals surface area (Å²) in [7, 11) is 3.46. The van der Waals surface area contributed by atoms with Gasteiger partial charge in [0.25, 0.3) is 5.91 Å². The third-order valence-electron chi connectivity index (χ3n) is 3.28. The number of nitrogens with zero attached hydrogens (tertiary/aromatic N) is 1. The molecule has 2 aromatic rings. The molecule has 0 fully saturated rings. The molecular weight excluding hydrogens is 377 g/mol. The number of carbonyl (C=O) groups excluding carboxylic acids is 1. The zero-order valence-electron chi connectivity index (χ0n) is 12.4. The van der Waals surface area contributed by atoms with Crippen molar-refractivity contribution in [3.8, 4) is 5.75 Å². The average Bonchev–Trinajstić information content (AvgIpc) is 2.47. The summed E-state index contributed by atoms with van der Waals surface area (Å²) in [6.45, 7) is 2.60. The van der Waals surface area contributed by atoms with Crippen LogP contribution in [0.25, 0.3) is 0 Å². The Labute approximate surface area is 139 Å². The zero-order chi connectivity index (χ0) is 15.4. The summed E-state index contributed by atoms with van der Waals surface area (Å²) < 4.78 is 6.12. The lowest BCUT2D eigenvalue weighted by molar-refractivity contribution is 0.0784. The van der Waals surface area contributed by atoms with Crippen LogP contribution in [0, 0.1) is 10.5 Å². The van der Waals surface area contributed by atoms with E-state index in [4.69, 9.17) is 4.74 Å². The number of methoxy groups -OCH3 is 1. The Morgan fingerprint density at radius 1 is 1.19 bits per heavy atom. The molecule has 0 unspecified atom stereocenters. The van der Waals surface area contributed by atoms with Crippen molar-refractivity contribution in [2.45, 2.75) is 13.5 Å². The minimum Gasteiger partial charge on any atom is -0.497 e. The van der Waals surface area contributed by atoms with Crippen LogP contribution in [-0.2, 0) is 6.54 Å². The quantitative estimate of drug-likeness (QED) is 0.736. The van der Waals surface area contributed by atoms with Crippen molar-refractivity contribution in [2.75, 3.05) is 14.2 Å². The molecule has 110 valence electrons. The predicted molar refractivity (Wildman–Crippen MR) is 92.7 cm³/mol. The molecule has 0 aliphatic carbocycles. The van der Waals surface area contributed by atoms with Crippen molar-refractivity contribution >= 4 is 28.5 Å². The van der Waals surface area contributed by atoms with Gasteiger partial charge < -0.3 is 9.64 Å². The van der Waals surface area contributed by atoms with Crippen molar-refractivity contribution < 1.29 is 9.53 Å². The number of benzene rings is 2. The van der Waals surface area contributed by atoms with E-state index >= 15 is 0 Å². The molecule has 0 bridgehead atoms. The van der Waals surface area contributed by atoms with E-state index in [0.29, 0.717) is 6.54 Å². The highest BCUT2D eigenvalue weighted by atomic mass is 127. The van der Waals surface area contributed by atoms with Gasteiger partial charge >= 0.3 is 0 Å². The zero-order valence-corrected chi connectivity index (χ0v) is 14.5. The minimum atomic E-state index is 0.0372. The molecule has 0 aliphatic rings. The van der Waals surface area contributed by atoms with Crippen molar-refractivity contribution in [1.29, 1.82) is 0 Å². The summed E-state index contributed by atoms with van der Waals surface area (Å²) in [6.07, 6.45) is 0. The lowest BCUT2D eigenvalue weighted by Crippen LogP contribution is -2.26. The number of halogens is 1. The second-order valence-electron chi connectivity index (χ2n) is 4.99. The summed E-state index contributed by atoms with van der Waals surface area (Å²) in [6, 6.07) is 13.6. The second-order valence-corrected chi connectivity index (χ2v) is 6.15. The third kappa shape index (κ3) is 3.97. The Hall–Kier alpha value is -1.56. The van der Waals surface area contributed by atoms with Crippen LogP contribution in [0.2, 0.25) is 0 Å². The number of carbonyl (C=O) groups is 1. The first-order valence-corrected chi connectivity index (χ1v) is 7.73. The molecule has 0 radical (unpaired) electrons. The Morgan fingerprint density at radius 3 is 2.43 bits per heavy atom. The molecule has 0 saturated carbocycles. The van der Waals surface area contributed by atoms with Crippen LogP contribution in [0.3, 0.4) is 0 Å². The molecule has 21 heavy (non-hydrogen) atoms. The van der Waals surface area contributed by atoms with E-state index < -0.39 is 0 Å². The molecule has 2 rings (SSSR count). The summed E-state index contributed by atoms with van der Waals surface area (Å²) in [5.41, 5.74) is 2.99. The predicted octanol–water partition coefficient (Wildman–Crippen LogP) is 3.88. The molecule has 3 nitrogen and oxygen atoms in total. The lowest BCUT2D eigenvalue weighted by atomic mass is 10.1. The van der Waals surface area contributed by atoms with Crippen LogP contribution in [0.15, 0.2) is 42.5 Å². The first-order chi connectivity index (χ1) is 10.0. The van der Waals surface area contributed by atoms with Gasteiger partial charge in [0, 0.05) is 17.2 Å². The van der Waals surface area contributed by atoms with Gasteiger partial charge in [-0.25, -0.2) is 0 Å². The maximum atomic E-state index is 12.5. The molecular formula is C17H18INO2. The molecule has 0 aromatic heterocycles. The van der Waals surface area contributed by atoms with Gasteiger partial charge in [-0.1, -0.05) is 23.8 Å². The summed E-state index contributed by atoms with van der Waals surface area (Å²) in [4.78, 5) is 14.2. The van der Waals surface area contributed by atoms with Gasteiger partial charge in [0.2, 0.25) is 0 Å². The molecule has 0 spiro atoms. The van der Waals surface area contributed by atoms with E-state index in [1.54, 1.807) is 12.0 Å². The van der Waals surface area contributed by atoms with Crippen LogP contribution >= 0.6 is 22.6 Å². The maximum absolute atomic E-state index is 12.5. The standard InChI is InChI=1S/C17H18INO2/c1-12-4-9-15(16(18)10-12)17(20)19(2)11-13-5-7-14(21-3)8-6-13/h4-10H,11H2,1-3H3. The first-order valence-electron chi connectivity index (χ1n) is 6.66. The van der Waals surface area contributed by atoms with E-state index in [-0.39, 0.29) is 5.91 Å². The lowest BCUT2D eigenvalue weighted by Gasteiger charge is -2.18. The van der Waals surface area contributed by atoms with E-state index in [1.165, 1.54) is 0 Å².